The second kappa shape index (κ2) is 6.80. The molecule has 2 atom stereocenters. The molecule has 1 fully saturated rings. The molecule has 3 heteroatoms. The first-order valence-electron chi connectivity index (χ1n) is 8.08. The van der Waals surface area contributed by atoms with Crippen molar-refractivity contribution in [2.75, 3.05) is 13.2 Å². The van der Waals surface area contributed by atoms with E-state index < -0.39 is 0 Å². The summed E-state index contributed by atoms with van der Waals surface area (Å²) in [7, 11) is 0. The van der Waals surface area contributed by atoms with Crippen molar-refractivity contribution < 1.29 is 9.47 Å². The van der Waals surface area contributed by atoms with Crippen molar-refractivity contribution in [2.24, 2.45) is 0 Å². The van der Waals surface area contributed by atoms with Crippen LogP contribution in [0.5, 0.6) is 5.75 Å². The van der Waals surface area contributed by atoms with Crippen LogP contribution in [-0.4, -0.2) is 19.3 Å². The van der Waals surface area contributed by atoms with Crippen LogP contribution in [0, 0.1) is 0 Å². The molecule has 1 aliphatic rings. The van der Waals surface area contributed by atoms with Gasteiger partial charge < -0.3 is 9.47 Å². The third kappa shape index (κ3) is 3.41. The Kier molecular flexibility index (Phi) is 4.81. The van der Waals surface area contributed by atoms with Gasteiger partial charge >= 0.3 is 0 Å². The Morgan fingerprint density at radius 1 is 1.24 bits per heavy atom. The molecule has 0 radical (unpaired) electrons. The maximum absolute atomic E-state index is 6.03. The molecule has 114 valence electrons. The predicted octanol–water partition coefficient (Wildman–Crippen LogP) is 5.36. The molecule has 2 heterocycles. The normalized spacial score (nSPS) is 22.6. The minimum absolute atomic E-state index is 0.491. The lowest BCUT2D eigenvalue weighted by Gasteiger charge is -2.28. The summed E-state index contributed by atoms with van der Waals surface area (Å²) in [6.45, 7) is 5.86. The Balaban J connectivity index is 1.72. The third-order valence-corrected chi connectivity index (χ3v) is 5.47. The largest absolute Gasteiger partial charge is 0.494 e. The number of thiophene rings is 1. The quantitative estimate of drug-likeness (QED) is 0.740. The molecular weight excluding hydrogens is 280 g/mol. The minimum Gasteiger partial charge on any atom is -0.494 e. The molecule has 0 aliphatic carbocycles. The van der Waals surface area contributed by atoms with Crippen LogP contribution in [0.15, 0.2) is 24.3 Å². The Bertz CT molecular complexity index is 582. The Hall–Kier alpha value is -1.06. The summed E-state index contributed by atoms with van der Waals surface area (Å²) in [5.74, 6) is 1.55. The molecule has 1 saturated heterocycles. The maximum atomic E-state index is 6.03. The number of benzene rings is 1. The Labute approximate surface area is 131 Å². The lowest BCUT2D eigenvalue weighted by atomic mass is 9.95. The minimum atomic E-state index is 0.491. The van der Waals surface area contributed by atoms with Gasteiger partial charge in [0.1, 0.15) is 5.75 Å². The van der Waals surface area contributed by atoms with Crippen LogP contribution in [0.3, 0.4) is 0 Å². The topological polar surface area (TPSA) is 18.5 Å². The molecule has 3 rings (SSSR count). The molecule has 2 nitrogen and oxygen atoms in total. The molecule has 0 N–H and O–H groups in total. The highest BCUT2D eigenvalue weighted by Crippen LogP contribution is 2.37. The van der Waals surface area contributed by atoms with Gasteiger partial charge in [0.25, 0.3) is 0 Å². The fourth-order valence-corrected chi connectivity index (χ4v) is 4.28. The molecule has 0 amide bonds. The van der Waals surface area contributed by atoms with E-state index in [1.165, 1.54) is 40.6 Å². The second-order valence-corrected chi connectivity index (χ2v) is 6.92. The summed E-state index contributed by atoms with van der Waals surface area (Å²) in [5.41, 5.74) is 0. The van der Waals surface area contributed by atoms with Gasteiger partial charge in [-0.05, 0) is 55.8 Å². The van der Waals surface area contributed by atoms with E-state index in [-0.39, 0.29) is 0 Å². The van der Waals surface area contributed by atoms with Gasteiger partial charge in [0.05, 0.1) is 19.3 Å². The number of ether oxygens (including phenoxy) is 2. The second-order valence-electron chi connectivity index (χ2n) is 5.80. The number of hydrogen-bond donors (Lipinski definition) is 0. The fourth-order valence-electron chi connectivity index (χ4n) is 3.07. The van der Waals surface area contributed by atoms with Gasteiger partial charge in [-0.25, -0.2) is 0 Å². The van der Waals surface area contributed by atoms with Gasteiger partial charge in [0.2, 0.25) is 0 Å². The molecule has 21 heavy (non-hydrogen) atoms. The van der Waals surface area contributed by atoms with E-state index in [2.05, 4.69) is 31.2 Å². The highest BCUT2D eigenvalue weighted by atomic mass is 32.1. The average Bonchev–Trinajstić information content (AvgIpc) is 2.92. The van der Waals surface area contributed by atoms with E-state index in [0.29, 0.717) is 12.0 Å². The zero-order valence-corrected chi connectivity index (χ0v) is 13.7. The van der Waals surface area contributed by atoms with Crippen molar-refractivity contribution in [3.8, 4) is 5.75 Å². The first-order chi connectivity index (χ1) is 10.3. The van der Waals surface area contributed by atoms with E-state index in [4.69, 9.17) is 9.47 Å². The average molecular weight is 304 g/mol. The van der Waals surface area contributed by atoms with Gasteiger partial charge in [0.15, 0.2) is 0 Å². The van der Waals surface area contributed by atoms with Gasteiger partial charge in [-0.2, -0.15) is 0 Å². The van der Waals surface area contributed by atoms with Crippen LogP contribution in [0.2, 0.25) is 0 Å². The lowest BCUT2D eigenvalue weighted by Crippen LogP contribution is -2.24. The highest BCUT2D eigenvalue weighted by Gasteiger charge is 2.23. The van der Waals surface area contributed by atoms with E-state index in [1.807, 2.05) is 18.3 Å². The van der Waals surface area contributed by atoms with Crippen molar-refractivity contribution in [1.82, 2.24) is 0 Å². The van der Waals surface area contributed by atoms with Crippen molar-refractivity contribution >= 4 is 21.4 Å². The first-order valence-corrected chi connectivity index (χ1v) is 8.89. The Morgan fingerprint density at radius 3 is 2.86 bits per heavy atom. The maximum Gasteiger partial charge on any atom is 0.120 e. The zero-order chi connectivity index (χ0) is 14.7. The number of rotatable bonds is 5. The van der Waals surface area contributed by atoms with Crippen LogP contribution in [0.25, 0.3) is 10.1 Å². The van der Waals surface area contributed by atoms with Crippen LogP contribution in [0.4, 0.5) is 0 Å². The highest BCUT2D eigenvalue weighted by molar-refractivity contribution is 7.19. The van der Waals surface area contributed by atoms with E-state index in [9.17, 15) is 0 Å². The summed E-state index contributed by atoms with van der Waals surface area (Å²) >= 11 is 1.90. The third-order valence-electron chi connectivity index (χ3n) is 4.20. The smallest absolute Gasteiger partial charge is 0.120 e. The molecule has 0 spiro atoms. The molecule has 1 aromatic heterocycles. The monoisotopic (exact) mass is 304 g/mol. The van der Waals surface area contributed by atoms with Crippen LogP contribution in [0.1, 0.15) is 50.3 Å². The summed E-state index contributed by atoms with van der Waals surface area (Å²) in [4.78, 5) is 1.47. The molecule has 0 saturated carbocycles. The van der Waals surface area contributed by atoms with Gasteiger partial charge in [-0.1, -0.05) is 13.3 Å². The standard InChI is InChI=1S/C18H24O2S/c1-3-5-15-8-7-14(12-20-15)17-10-13-6-9-16(19-4-2)11-18(13)21-17/h6,9-11,14-15H,3-5,7-8,12H2,1-2H3. The molecule has 0 bridgehead atoms. The van der Waals surface area contributed by atoms with Gasteiger partial charge in [0, 0.05) is 15.5 Å². The molecule has 2 unspecified atom stereocenters. The van der Waals surface area contributed by atoms with Crippen LogP contribution < -0.4 is 4.74 Å². The lowest BCUT2D eigenvalue weighted by molar-refractivity contribution is -0.000462. The van der Waals surface area contributed by atoms with Crippen LogP contribution >= 0.6 is 11.3 Å². The molecule has 1 aliphatic heterocycles. The SMILES string of the molecule is CCCC1CCC(c2cc3ccc(OCC)cc3s2)CO1. The van der Waals surface area contributed by atoms with E-state index in [1.54, 1.807) is 0 Å². The van der Waals surface area contributed by atoms with E-state index >= 15 is 0 Å². The summed E-state index contributed by atoms with van der Waals surface area (Å²) in [5, 5.41) is 1.33. The number of fused-ring (bicyclic) bond motifs is 1. The first kappa shape index (κ1) is 14.9. The fraction of sp³-hybridized carbons (Fsp3) is 0.556. The molecule has 1 aromatic carbocycles. The van der Waals surface area contributed by atoms with Gasteiger partial charge in [-0.15, -0.1) is 11.3 Å². The number of hydrogen-bond acceptors (Lipinski definition) is 3. The van der Waals surface area contributed by atoms with Crippen molar-refractivity contribution in [1.29, 1.82) is 0 Å². The van der Waals surface area contributed by atoms with E-state index in [0.717, 1.165) is 19.0 Å². The summed E-state index contributed by atoms with van der Waals surface area (Å²) in [6, 6.07) is 8.74. The van der Waals surface area contributed by atoms with Crippen molar-refractivity contribution in [3.05, 3.63) is 29.1 Å². The van der Waals surface area contributed by atoms with Crippen molar-refractivity contribution in [3.63, 3.8) is 0 Å². The molecular formula is C18H24O2S. The summed E-state index contributed by atoms with van der Waals surface area (Å²) in [6.07, 6.45) is 5.38. The molecule has 2 aromatic rings. The zero-order valence-electron chi connectivity index (χ0n) is 12.9. The van der Waals surface area contributed by atoms with Crippen molar-refractivity contribution in [2.45, 2.75) is 51.6 Å². The van der Waals surface area contributed by atoms with Crippen LogP contribution in [-0.2, 0) is 4.74 Å². The predicted molar refractivity (Wildman–Crippen MR) is 89.6 cm³/mol. The Morgan fingerprint density at radius 2 is 2.14 bits per heavy atom. The summed E-state index contributed by atoms with van der Waals surface area (Å²) < 4.78 is 12.9. The van der Waals surface area contributed by atoms with Gasteiger partial charge in [-0.3, -0.25) is 0 Å².